The molecule has 0 radical (unpaired) electrons. The maximum Gasteiger partial charge on any atom is 0.264 e. The van der Waals surface area contributed by atoms with Gasteiger partial charge in [-0.25, -0.2) is 0 Å². The summed E-state index contributed by atoms with van der Waals surface area (Å²) in [6.07, 6.45) is 3.00. The number of hydrogen-bond donors (Lipinski definition) is 3. The average molecular weight is 616 g/mol. The van der Waals surface area contributed by atoms with Crippen LogP contribution in [0.3, 0.4) is 0 Å². The molecule has 1 fully saturated rings. The molecule has 2 aliphatic rings. The van der Waals surface area contributed by atoms with Crippen molar-refractivity contribution in [3.8, 4) is 0 Å². The van der Waals surface area contributed by atoms with Crippen LogP contribution in [0, 0.1) is 10.5 Å². The van der Waals surface area contributed by atoms with E-state index >= 15 is 0 Å². The third-order valence-electron chi connectivity index (χ3n) is 6.61. The molecule has 194 valence electrons. The standard InChI is InChI=1S/C27H29IN4O5/c1-16-7-5-8-17(24(16)28)15-30-21(33)11-3-2-4-14-29-19-10-6-9-18-23(19)27(37)32(26(18)36)20-12-13-22(34)31-25(20)35/h5-10,20,29H,2-4,11-15H2,1H3,(H,30,33)(H,31,34,35). The summed E-state index contributed by atoms with van der Waals surface area (Å²) in [5, 5.41) is 8.41. The number of carbonyl (C=O) groups excluding carboxylic acids is 5. The highest BCUT2D eigenvalue weighted by Crippen LogP contribution is 2.32. The number of fused-ring (bicyclic) bond motifs is 1. The Balaban J connectivity index is 1.23. The predicted molar refractivity (Wildman–Crippen MR) is 146 cm³/mol. The average Bonchev–Trinajstić information content (AvgIpc) is 3.12. The van der Waals surface area contributed by atoms with E-state index < -0.39 is 29.7 Å². The molecule has 0 saturated carbocycles. The molecule has 5 amide bonds. The summed E-state index contributed by atoms with van der Waals surface area (Å²) in [6, 6.07) is 10.1. The summed E-state index contributed by atoms with van der Waals surface area (Å²) >= 11 is 2.30. The first-order valence-electron chi connectivity index (χ1n) is 12.4. The SMILES string of the molecule is Cc1cccc(CNC(=O)CCCCCNc2cccc3c2C(=O)N(C2CCC(=O)NC2=O)C3=O)c1I. The van der Waals surface area contributed by atoms with E-state index in [2.05, 4.69) is 38.5 Å². The number of nitrogens with one attached hydrogen (secondary N) is 3. The van der Waals surface area contributed by atoms with Crippen molar-refractivity contribution in [3.63, 3.8) is 0 Å². The number of anilines is 1. The number of aryl methyl sites for hydroxylation is 1. The van der Waals surface area contributed by atoms with Crippen LogP contribution in [0.25, 0.3) is 0 Å². The number of hydrogen-bond acceptors (Lipinski definition) is 6. The smallest absolute Gasteiger partial charge is 0.264 e. The zero-order valence-corrected chi connectivity index (χ0v) is 22.7. The van der Waals surface area contributed by atoms with Crippen LogP contribution in [-0.4, -0.2) is 47.0 Å². The van der Waals surface area contributed by atoms with Crippen LogP contribution in [-0.2, 0) is 20.9 Å². The minimum absolute atomic E-state index is 0.0174. The highest BCUT2D eigenvalue weighted by molar-refractivity contribution is 14.1. The first-order chi connectivity index (χ1) is 17.8. The van der Waals surface area contributed by atoms with Gasteiger partial charge in [-0.15, -0.1) is 0 Å². The maximum absolute atomic E-state index is 13.1. The van der Waals surface area contributed by atoms with Crippen LogP contribution in [0.1, 0.15) is 70.4 Å². The fourth-order valence-corrected chi connectivity index (χ4v) is 5.15. The first-order valence-corrected chi connectivity index (χ1v) is 13.4. The zero-order chi connectivity index (χ0) is 26.5. The molecule has 4 rings (SSSR count). The van der Waals surface area contributed by atoms with Gasteiger partial charge in [0, 0.05) is 35.2 Å². The van der Waals surface area contributed by atoms with Crippen molar-refractivity contribution in [3.05, 3.63) is 62.2 Å². The zero-order valence-electron chi connectivity index (χ0n) is 20.6. The van der Waals surface area contributed by atoms with Crippen molar-refractivity contribution in [1.29, 1.82) is 0 Å². The minimum Gasteiger partial charge on any atom is -0.384 e. The number of rotatable bonds is 10. The molecule has 1 saturated heterocycles. The Morgan fingerprint density at radius 2 is 1.84 bits per heavy atom. The summed E-state index contributed by atoms with van der Waals surface area (Å²) in [6.45, 7) is 3.13. The van der Waals surface area contributed by atoms with Gasteiger partial charge in [-0.2, -0.15) is 0 Å². The third-order valence-corrected chi connectivity index (χ3v) is 8.16. The van der Waals surface area contributed by atoms with Crippen molar-refractivity contribution in [2.75, 3.05) is 11.9 Å². The van der Waals surface area contributed by atoms with Crippen molar-refractivity contribution < 1.29 is 24.0 Å². The number of nitrogens with zero attached hydrogens (tertiary/aromatic N) is 1. The van der Waals surface area contributed by atoms with Crippen LogP contribution in [0.15, 0.2) is 36.4 Å². The summed E-state index contributed by atoms with van der Waals surface area (Å²) in [7, 11) is 0. The molecule has 2 aromatic rings. The van der Waals surface area contributed by atoms with Crippen LogP contribution >= 0.6 is 22.6 Å². The molecule has 0 aromatic heterocycles. The lowest BCUT2D eigenvalue weighted by atomic mass is 10.0. The number of unbranched alkanes of at least 4 members (excludes halogenated alkanes) is 2. The van der Waals surface area contributed by atoms with Gasteiger partial charge < -0.3 is 10.6 Å². The molecule has 0 bridgehead atoms. The lowest BCUT2D eigenvalue weighted by Gasteiger charge is -2.27. The summed E-state index contributed by atoms with van der Waals surface area (Å²) in [5.74, 6) is -2.07. The molecule has 2 aromatic carbocycles. The van der Waals surface area contributed by atoms with E-state index in [1.807, 2.05) is 25.1 Å². The summed E-state index contributed by atoms with van der Waals surface area (Å²) in [5.41, 5.74) is 3.34. The number of halogens is 1. The normalized spacial score (nSPS) is 17.0. The van der Waals surface area contributed by atoms with Gasteiger partial charge in [0.05, 0.1) is 11.1 Å². The predicted octanol–water partition coefficient (Wildman–Crippen LogP) is 3.29. The van der Waals surface area contributed by atoms with E-state index in [4.69, 9.17) is 0 Å². The van der Waals surface area contributed by atoms with Crippen molar-refractivity contribution in [2.45, 2.75) is 58.0 Å². The minimum atomic E-state index is -0.988. The molecule has 9 nitrogen and oxygen atoms in total. The Labute approximate surface area is 228 Å². The second-order valence-electron chi connectivity index (χ2n) is 9.24. The monoisotopic (exact) mass is 616 g/mol. The van der Waals surface area contributed by atoms with Gasteiger partial charge >= 0.3 is 0 Å². The Bertz CT molecular complexity index is 1260. The molecule has 0 spiro atoms. The molecule has 37 heavy (non-hydrogen) atoms. The molecule has 1 atom stereocenters. The number of amides is 5. The first kappa shape index (κ1) is 26.8. The van der Waals surface area contributed by atoms with E-state index in [0.29, 0.717) is 25.2 Å². The Morgan fingerprint density at radius 1 is 1.05 bits per heavy atom. The molecule has 10 heteroatoms. The van der Waals surface area contributed by atoms with Crippen LogP contribution in [0.2, 0.25) is 0 Å². The molecule has 0 aliphatic carbocycles. The summed E-state index contributed by atoms with van der Waals surface area (Å²) < 4.78 is 1.17. The van der Waals surface area contributed by atoms with Gasteiger partial charge in [0.15, 0.2) is 0 Å². The van der Waals surface area contributed by atoms with Gasteiger partial charge in [-0.3, -0.25) is 34.2 Å². The molecular weight excluding hydrogens is 587 g/mol. The number of benzene rings is 2. The highest BCUT2D eigenvalue weighted by Gasteiger charge is 2.45. The number of piperidine rings is 1. The van der Waals surface area contributed by atoms with Crippen molar-refractivity contribution in [2.24, 2.45) is 0 Å². The van der Waals surface area contributed by atoms with Gasteiger partial charge in [0.25, 0.3) is 11.8 Å². The fourth-order valence-electron chi connectivity index (χ4n) is 4.60. The van der Waals surface area contributed by atoms with E-state index in [-0.39, 0.29) is 29.9 Å². The molecular formula is C27H29IN4O5. The van der Waals surface area contributed by atoms with Crippen LogP contribution < -0.4 is 16.0 Å². The van der Waals surface area contributed by atoms with Gasteiger partial charge in [0.2, 0.25) is 17.7 Å². The van der Waals surface area contributed by atoms with E-state index in [1.165, 1.54) is 9.13 Å². The van der Waals surface area contributed by atoms with Gasteiger partial charge in [-0.1, -0.05) is 30.7 Å². The van der Waals surface area contributed by atoms with E-state index in [9.17, 15) is 24.0 Å². The molecule has 3 N–H and O–H groups in total. The second kappa shape index (κ2) is 11.8. The largest absolute Gasteiger partial charge is 0.384 e. The lowest BCUT2D eigenvalue weighted by molar-refractivity contribution is -0.136. The number of imide groups is 2. The Morgan fingerprint density at radius 3 is 2.62 bits per heavy atom. The highest BCUT2D eigenvalue weighted by atomic mass is 127. The van der Waals surface area contributed by atoms with E-state index in [1.54, 1.807) is 18.2 Å². The molecule has 2 heterocycles. The van der Waals surface area contributed by atoms with Crippen molar-refractivity contribution >= 4 is 57.8 Å². The van der Waals surface area contributed by atoms with Gasteiger partial charge in [0.1, 0.15) is 6.04 Å². The second-order valence-corrected chi connectivity index (χ2v) is 10.3. The van der Waals surface area contributed by atoms with Gasteiger partial charge in [-0.05, 0) is 72.0 Å². The Kier molecular flexibility index (Phi) is 8.57. The van der Waals surface area contributed by atoms with Crippen LogP contribution in [0.5, 0.6) is 0 Å². The molecule has 1 unspecified atom stereocenters. The topological polar surface area (TPSA) is 125 Å². The lowest BCUT2D eigenvalue weighted by Crippen LogP contribution is -2.54. The van der Waals surface area contributed by atoms with Crippen molar-refractivity contribution in [1.82, 2.24) is 15.5 Å². The maximum atomic E-state index is 13.1. The quantitative estimate of drug-likeness (QED) is 0.214. The number of carbonyl (C=O) groups is 5. The van der Waals surface area contributed by atoms with Crippen LogP contribution in [0.4, 0.5) is 5.69 Å². The van der Waals surface area contributed by atoms with E-state index in [0.717, 1.165) is 29.7 Å². The Hall–Kier alpha value is -3.28. The molecule has 2 aliphatic heterocycles. The third kappa shape index (κ3) is 6.00. The fraction of sp³-hybridized carbons (Fsp3) is 0.370. The summed E-state index contributed by atoms with van der Waals surface area (Å²) in [4.78, 5) is 62.9.